The Hall–Kier alpha value is -0.0400. The highest BCUT2D eigenvalue weighted by Crippen LogP contribution is 2.56. The molecule has 0 spiro atoms. The summed E-state index contributed by atoms with van der Waals surface area (Å²) in [5, 5.41) is 0. The van der Waals surface area contributed by atoms with E-state index in [0.717, 1.165) is 17.8 Å². The van der Waals surface area contributed by atoms with Gasteiger partial charge in [0.15, 0.2) is 0 Å². The number of fused-ring (bicyclic) bond motifs is 2. The Morgan fingerprint density at radius 1 is 1.13 bits per heavy atom. The SMILES string of the molecule is CC1OC2CCC3CCC(C)(C)C(C2)C31. The van der Waals surface area contributed by atoms with Crippen LogP contribution in [0, 0.1) is 23.2 Å². The number of hydrogen-bond donors (Lipinski definition) is 0. The smallest absolute Gasteiger partial charge is 0.0584 e. The van der Waals surface area contributed by atoms with E-state index in [1.807, 2.05) is 0 Å². The predicted molar refractivity (Wildman–Crippen MR) is 61.7 cm³/mol. The zero-order valence-corrected chi connectivity index (χ0v) is 10.3. The Bertz CT molecular complexity index is 258. The van der Waals surface area contributed by atoms with Gasteiger partial charge in [0, 0.05) is 0 Å². The van der Waals surface area contributed by atoms with Crippen molar-refractivity contribution in [1.82, 2.24) is 0 Å². The summed E-state index contributed by atoms with van der Waals surface area (Å²) in [6.07, 6.45) is 8.12. The van der Waals surface area contributed by atoms with Crippen molar-refractivity contribution in [3.05, 3.63) is 0 Å². The summed E-state index contributed by atoms with van der Waals surface area (Å²) in [6, 6.07) is 0. The van der Waals surface area contributed by atoms with Crippen molar-refractivity contribution >= 4 is 0 Å². The Morgan fingerprint density at radius 2 is 1.93 bits per heavy atom. The lowest BCUT2D eigenvalue weighted by Gasteiger charge is -2.52. The molecule has 1 heteroatoms. The molecule has 0 amide bonds. The highest BCUT2D eigenvalue weighted by molar-refractivity contribution is 5.00. The van der Waals surface area contributed by atoms with E-state index in [9.17, 15) is 0 Å². The maximum atomic E-state index is 6.14. The Balaban J connectivity index is 1.97. The third-order valence-corrected chi connectivity index (χ3v) is 5.50. The minimum atomic E-state index is 0.529. The second kappa shape index (κ2) is 3.23. The van der Waals surface area contributed by atoms with E-state index in [1.54, 1.807) is 0 Å². The van der Waals surface area contributed by atoms with Crippen molar-refractivity contribution in [3.63, 3.8) is 0 Å². The fraction of sp³-hybridized carbons (Fsp3) is 1.00. The first-order valence-corrected chi connectivity index (χ1v) is 6.73. The summed E-state index contributed by atoms with van der Waals surface area (Å²) in [7, 11) is 0. The summed E-state index contributed by atoms with van der Waals surface area (Å²) in [5.74, 6) is 2.78. The summed E-state index contributed by atoms with van der Waals surface area (Å²) < 4.78 is 6.14. The fourth-order valence-electron chi connectivity index (χ4n) is 4.63. The van der Waals surface area contributed by atoms with E-state index in [-0.39, 0.29) is 0 Å². The number of hydrogen-bond acceptors (Lipinski definition) is 1. The van der Waals surface area contributed by atoms with Crippen molar-refractivity contribution < 1.29 is 4.74 Å². The molecule has 0 aromatic rings. The molecule has 2 aliphatic carbocycles. The van der Waals surface area contributed by atoms with Crippen LogP contribution in [0.3, 0.4) is 0 Å². The minimum absolute atomic E-state index is 0.529. The molecule has 4 rings (SSSR count). The molecular weight excluding hydrogens is 184 g/mol. The molecule has 15 heavy (non-hydrogen) atoms. The molecule has 2 aliphatic heterocycles. The Morgan fingerprint density at radius 3 is 2.73 bits per heavy atom. The molecule has 5 atom stereocenters. The zero-order chi connectivity index (χ0) is 10.6. The number of ether oxygens (including phenoxy) is 1. The molecule has 1 nitrogen and oxygen atoms in total. The highest BCUT2D eigenvalue weighted by Gasteiger charge is 2.51. The predicted octanol–water partition coefficient (Wildman–Crippen LogP) is 3.63. The molecule has 4 bridgehead atoms. The van der Waals surface area contributed by atoms with Gasteiger partial charge < -0.3 is 4.74 Å². The van der Waals surface area contributed by atoms with Crippen molar-refractivity contribution in [3.8, 4) is 0 Å². The van der Waals surface area contributed by atoms with E-state index < -0.39 is 0 Å². The van der Waals surface area contributed by atoms with Crippen molar-refractivity contribution in [2.24, 2.45) is 23.2 Å². The van der Waals surface area contributed by atoms with Crippen LogP contribution in [0.15, 0.2) is 0 Å². The Kier molecular flexibility index (Phi) is 2.18. The van der Waals surface area contributed by atoms with Gasteiger partial charge in [-0.15, -0.1) is 0 Å². The minimum Gasteiger partial charge on any atom is -0.375 e. The van der Waals surface area contributed by atoms with Gasteiger partial charge in [0.2, 0.25) is 0 Å². The van der Waals surface area contributed by atoms with Gasteiger partial charge in [-0.25, -0.2) is 0 Å². The lowest BCUT2D eigenvalue weighted by molar-refractivity contribution is -0.139. The second-order valence-corrected chi connectivity index (χ2v) is 6.75. The zero-order valence-electron chi connectivity index (χ0n) is 10.3. The lowest BCUT2D eigenvalue weighted by Crippen LogP contribution is -2.48. The molecule has 5 unspecified atom stereocenters. The van der Waals surface area contributed by atoms with Crippen LogP contribution in [0.2, 0.25) is 0 Å². The first kappa shape index (κ1) is 10.1. The molecule has 4 fully saturated rings. The monoisotopic (exact) mass is 208 g/mol. The second-order valence-electron chi connectivity index (χ2n) is 6.75. The van der Waals surface area contributed by atoms with Crippen molar-refractivity contribution in [2.45, 2.75) is 65.1 Å². The molecule has 4 aliphatic rings. The third-order valence-electron chi connectivity index (χ3n) is 5.50. The van der Waals surface area contributed by atoms with Crippen LogP contribution in [0.4, 0.5) is 0 Å². The largest absolute Gasteiger partial charge is 0.375 e. The van der Waals surface area contributed by atoms with Gasteiger partial charge >= 0.3 is 0 Å². The molecule has 0 aromatic carbocycles. The van der Waals surface area contributed by atoms with Gasteiger partial charge in [0.05, 0.1) is 12.2 Å². The summed E-state index contributed by atoms with van der Waals surface area (Å²) in [5.41, 5.74) is 0.571. The van der Waals surface area contributed by atoms with Crippen LogP contribution < -0.4 is 0 Å². The first-order chi connectivity index (χ1) is 7.08. The van der Waals surface area contributed by atoms with Crippen LogP contribution in [-0.4, -0.2) is 12.2 Å². The molecule has 0 radical (unpaired) electrons. The van der Waals surface area contributed by atoms with Crippen LogP contribution in [0.1, 0.15) is 52.9 Å². The van der Waals surface area contributed by atoms with E-state index in [4.69, 9.17) is 4.74 Å². The third kappa shape index (κ3) is 1.46. The standard InChI is InChI=1S/C14H24O/c1-9-13-10-4-5-11(15-9)8-12(13)14(2,3)7-6-10/h9-13H,4-8H2,1-3H3. The molecule has 2 heterocycles. The average molecular weight is 208 g/mol. The first-order valence-electron chi connectivity index (χ1n) is 6.73. The maximum absolute atomic E-state index is 6.14. The summed E-state index contributed by atoms with van der Waals surface area (Å²) in [4.78, 5) is 0. The lowest BCUT2D eigenvalue weighted by atomic mass is 9.57. The highest BCUT2D eigenvalue weighted by atomic mass is 16.5. The summed E-state index contributed by atoms with van der Waals surface area (Å²) >= 11 is 0. The van der Waals surface area contributed by atoms with Gasteiger partial charge in [-0.05, 0) is 62.2 Å². The van der Waals surface area contributed by atoms with Gasteiger partial charge in [-0.2, -0.15) is 0 Å². The van der Waals surface area contributed by atoms with Crippen LogP contribution >= 0.6 is 0 Å². The van der Waals surface area contributed by atoms with Gasteiger partial charge in [0.1, 0.15) is 0 Å². The van der Waals surface area contributed by atoms with E-state index in [2.05, 4.69) is 20.8 Å². The molecule has 0 aromatic heterocycles. The van der Waals surface area contributed by atoms with E-state index in [1.165, 1.54) is 32.1 Å². The summed E-state index contributed by atoms with van der Waals surface area (Å²) in [6.45, 7) is 7.30. The normalized spacial score (nSPS) is 52.6. The van der Waals surface area contributed by atoms with Crippen molar-refractivity contribution in [1.29, 1.82) is 0 Å². The molecule has 0 N–H and O–H groups in total. The van der Waals surface area contributed by atoms with Gasteiger partial charge in [-0.3, -0.25) is 0 Å². The topological polar surface area (TPSA) is 9.23 Å². The van der Waals surface area contributed by atoms with E-state index >= 15 is 0 Å². The van der Waals surface area contributed by atoms with Gasteiger partial charge in [-0.1, -0.05) is 13.8 Å². The fourth-order valence-corrected chi connectivity index (χ4v) is 4.63. The van der Waals surface area contributed by atoms with Crippen LogP contribution in [-0.2, 0) is 4.74 Å². The molecule has 2 saturated carbocycles. The van der Waals surface area contributed by atoms with Crippen molar-refractivity contribution in [2.75, 3.05) is 0 Å². The van der Waals surface area contributed by atoms with Gasteiger partial charge in [0.25, 0.3) is 0 Å². The van der Waals surface area contributed by atoms with E-state index in [0.29, 0.717) is 17.6 Å². The molecule has 2 saturated heterocycles. The van der Waals surface area contributed by atoms with Crippen LogP contribution in [0.25, 0.3) is 0 Å². The van der Waals surface area contributed by atoms with Crippen LogP contribution in [0.5, 0.6) is 0 Å². The average Bonchev–Trinajstić information content (AvgIpc) is 2.41. The molecular formula is C14H24O. The Labute approximate surface area is 93.6 Å². The maximum Gasteiger partial charge on any atom is 0.0584 e. The molecule has 86 valence electrons. The number of rotatable bonds is 0. The quantitative estimate of drug-likeness (QED) is 0.590.